The zero-order valence-corrected chi connectivity index (χ0v) is 27.7. The molecular formula is C39H50N3O2+. The van der Waals surface area contributed by atoms with E-state index in [0.29, 0.717) is 19.7 Å². The molecule has 1 amide bonds. The molecule has 0 spiro atoms. The number of hydrogen-bond donors (Lipinski definition) is 1. The Hall–Kier alpha value is -3.44. The highest BCUT2D eigenvalue weighted by atomic mass is 16.5. The Balaban J connectivity index is 1.28. The second-order valence-corrected chi connectivity index (χ2v) is 14.0. The third-order valence-corrected chi connectivity index (χ3v) is 10.5. The van der Waals surface area contributed by atoms with E-state index in [-0.39, 0.29) is 16.7 Å². The number of anilines is 1. The summed E-state index contributed by atoms with van der Waals surface area (Å²) in [5, 5.41) is 3.03. The average Bonchev–Trinajstić information content (AvgIpc) is 3.35. The van der Waals surface area contributed by atoms with Gasteiger partial charge < -0.3 is 15.0 Å². The summed E-state index contributed by atoms with van der Waals surface area (Å²) in [4.78, 5) is 15.3. The highest BCUT2D eigenvalue weighted by Gasteiger charge is 2.45. The number of allylic oxidation sites excluding steroid dienone is 6. The van der Waals surface area contributed by atoms with Gasteiger partial charge in [-0.1, -0.05) is 44.2 Å². The third kappa shape index (κ3) is 5.27. The van der Waals surface area contributed by atoms with Crippen LogP contribution in [0, 0.1) is 0 Å². The molecule has 232 valence electrons. The van der Waals surface area contributed by atoms with Crippen molar-refractivity contribution in [2.75, 3.05) is 38.8 Å². The van der Waals surface area contributed by atoms with Gasteiger partial charge in [0.1, 0.15) is 13.6 Å². The number of ether oxygens (including phenoxy) is 1. The van der Waals surface area contributed by atoms with E-state index in [4.69, 9.17) is 4.74 Å². The van der Waals surface area contributed by atoms with E-state index >= 15 is 0 Å². The van der Waals surface area contributed by atoms with Gasteiger partial charge in [-0.2, -0.15) is 4.58 Å². The third-order valence-electron chi connectivity index (χ3n) is 10.5. The highest BCUT2D eigenvalue weighted by Crippen LogP contribution is 2.51. The minimum Gasteiger partial charge on any atom is -0.383 e. The standard InChI is InChI=1S/C39H49N3O2/c1-38(2)33(41(5)31-22-20-27-14-10-12-16-29(27)36(31)38)18-8-7-9-19-34-39(3,4)37-30-17-13-11-15-28(30)21-23-32(37)42(34)26-35(43)40-24-25-44-6/h7-9,18-23H,10-17,24-26H2,1-6H3/p+1. The summed E-state index contributed by atoms with van der Waals surface area (Å²) in [7, 11) is 3.87. The first kappa shape index (κ1) is 30.6. The van der Waals surface area contributed by atoms with Crippen LogP contribution in [0.1, 0.15) is 86.8 Å². The number of nitrogens with one attached hydrogen (secondary N) is 1. The normalized spacial score (nSPS) is 20.8. The van der Waals surface area contributed by atoms with Gasteiger partial charge in [0.25, 0.3) is 0 Å². The van der Waals surface area contributed by atoms with Crippen LogP contribution in [0.15, 0.2) is 60.3 Å². The number of rotatable bonds is 8. The van der Waals surface area contributed by atoms with Gasteiger partial charge in [0.15, 0.2) is 5.71 Å². The first-order chi connectivity index (χ1) is 21.2. The van der Waals surface area contributed by atoms with Crippen LogP contribution in [0.4, 0.5) is 11.4 Å². The van der Waals surface area contributed by atoms with E-state index in [9.17, 15) is 4.79 Å². The van der Waals surface area contributed by atoms with Gasteiger partial charge in [0.2, 0.25) is 11.6 Å². The van der Waals surface area contributed by atoms with Gasteiger partial charge in [0.05, 0.1) is 12.0 Å². The van der Waals surface area contributed by atoms with Crippen LogP contribution in [0.5, 0.6) is 0 Å². The second kappa shape index (κ2) is 12.2. The minimum atomic E-state index is -0.192. The van der Waals surface area contributed by atoms with E-state index in [1.54, 1.807) is 18.2 Å². The molecule has 0 saturated carbocycles. The number of aryl methyl sites for hydroxylation is 2. The molecule has 2 aromatic rings. The lowest BCUT2D eigenvalue weighted by Crippen LogP contribution is -2.38. The van der Waals surface area contributed by atoms with Crippen molar-refractivity contribution in [1.82, 2.24) is 5.32 Å². The summed E-state index contributed by atoms with van der Waals surface area (Å²) in [5.74, 6) is 0.0165. The lowest BCUT2D eigenvalue weighted by molar-refractivity contribution is -0.401. The summed E-state index contributed by atoms with van der Waals surface area (Å²) in [6, 6.07) is 9.24. The topological polar surface area (TPSA) is 44.6 Å². The van der Waals surface area contributed by atoms with Crippen molar-refractivity contribution in [1.29, 1.82) is 0 Å². The van der Waals surface area contributed by atoms with E-state index in [1.165, 1.54) is 83.6 Å². The quantitative estimate of drug-likeness (QED) is 0.204. The molecule has 2 heterocycles. The molecule has 2 aliphatic heterocycles. The molecule has 0 atom stereocenters. The zero-order chi connectivity index (χ0) is 31.1. The van der Waals surface area contributed by atoms with Crippen LogP contribution in [0.3, 0.4) is 0 Å². The number of carbonyl (C=O) groups excluding carboxylic acids is 1. The first-order valence-electron chi connectivity index (χ1n) is 16.7. The van der Waals surface area contributed by atoms with Gasteiger partial charge in [-0.3, -0.25) is 4.79 Å². The van der Waals surface area contributed by atoms with Crippen LogP contribution in [-0.4, -0.2) is 50.0 Å². The molecule has 0 bridgehead atoms. The summed E-state index contributed by atoms with van der Waals surface area (Å²) < 4.78 is 7.54. The molecule has 2 aliphatic carbocycles. The Kier molecular flexibility index (Phi) is 8.45. The van der Waals surface area contributed by atoms with Crippen molar-refractivity contribution < 1.29 is 14.1 Å². The monoisotopic (exact) mass is 592 g/mol. The number of hydrogen-bond acceptors (Lipinski definition) is 3. The van der Waals surface area contributed by atoms with Crippen LogP contribution in [0.2, 0.25) is 0 Å². The number of methoxy groups -OCH3 is 1. The molecular weight excluding hydrogens is 542 g/mol. The Labute approximate surface area is 264 Å². The van der Waals surface area contributed by atoms with Gasteiger partial charge in [-0.25, -0.2) is 0 Å². The van der Waals surface area contributed by atoms with Crippen LogP contribution in [0.25, 0.3) is 0 Å². The Morgan fingerprint density at radius 2 is 1.55 bits per heavy atom. The lowest BCUT2D eigenvalue weighted by atomic mass is 9.75. The Morgan fingerprint density at radius 1 is 0.886 bits per heavy atom. The van der Waals surface area contributed by atoms with Gasteiger partial charge in [-0.05, 0) is 105 Å². The summed E-state index contributed by atoms with van der Waals surface area (Å²) in [6.07, 6.45) is 20.8. The lowest BCUT2D eigenvalue weighted by Gasteiger charge is -2.28. The van der Waals surface area contributed by atoms with Crippen molar-refractivity contribution in [3.05, 3.63) is 93.7 Å². The van der Waals surface area contributed by atoms with E-state index in [1.807, 2.05) is 0 Å². The maximum Gasteiger partial charge on any atom is 0.240 e. The molecule has 0 aromatic heterocycles. The predicted molar refractivity (Wildman–Crippen MR) is 182 cm³/mol. The zero-order valence-electron chi connectivity index (χ0n) is 27.7. The molecule has 4 aliphatic rings. The molecule has 6 rings (SSSR count). The molecule has 1 N–H and O–H groups in total. The van der Waals surface area contributed by atoms with Crippen LogP contribution >= 0.6 is 0 Å². The van der Waals surface area contributed by atoms with Crippen molar-refractivity contribution in [2.24, 2.45) is 0 Å². The summed E-state index contributed by atoms with van der Waals surface area (Å²) >= 11 is 0. The van der Waals surface area contributed by atoms with E-state index < -0.39 is 0 Å². The maximum absolute atomic E-state index is 13.1. The Bertz CT molecular complexity index is 1590. The fourth-order valence-electron chi connectivity index (χ4n) is 8.44. The summed E-state index contributed by atoms with van der Waals surface area (Å²) in [5.41, 5.74) is 13.9. The van der Waals surface area contributed by atoms with Gasteiger partial charge >= 0.3 is 0 Å². The number of nitrogens with zero attached hydrogens (tertiary/aromatic N) is 2. The van der Waals surface area contributed by atoms with E-state index in [2.05, 4.69) is 104 Å². The van der Waals surface area contributed by atoms with Crippen LogP contribution in [-0.2, 0) is 46.0 Å². The predicted octanol–water partition coefficient (Wildman–Crippen LogP) is 7.01. The number of benzene rings is 2. The molecule has 0 unspecified atom stereocenters. The minimum absolute atomic E-state index is 0.0165. The molecule has 2 aromatic carbocycles. The van der Waals surface area contributed by atoms with Crippen molar-refractivity contribution >= 4 is 23.0 Å². The SMILES string of the molecule is COCCNC(=O)CN1/C(=C/C=C/C=C/C2=[N+](C)c3ccc4c(c3C2(C)C)CCCC4)C(C)(C)c2c1ccc1c2CCCC1. The second-order valence-electron chi connectivity index (χ2n) is 14.0. The highest BCUT2D eigenvalue weighted by molar-refractivity contribution is 6.03. The molecule has 44 heavy (non-hydrogen) atoms. The Morgan fingerprint density at radius 3 is 2.25 bits per heavy atom. The van der Waals surface area contributed by atoms with Crippen molar-refractivity contribution in [3.63, 3.8) is 0 Å². The smallest absolute Gasteiger partial charge is 0.240 e. The fourth-order valence-corrected chi connectivity index (χ4v) is 8.44. The summed E-state index contributed by atoms with van der Waals surface area (Å²) in [6.45, 7) is 10.7. The average molecular weight is 593 g/mol. The number of carbonyl (C=O) groups is 1. The molecule has 5 nitrogen and oxygen atoms in total. The molecule has 0 saturated heterocycles. The molecule has 0 radical (unpaired) electrons. The molecule has 0 fully saturated rings. The van der Waals surface area contributed by atoms with E-state index in [0.717, 1.165) is 12.8 Å². The number of fused-ring (bicyclic) bond motifs is 6. The van der Waals surface area contributed by atoms with Gasteiger partial charge in [0, 0.05) is 48.2 Å². The van der Waals surface area contributed by atoms with Crippen molar-refractivity contribution in [2.45, 2.75) is 89.9 Å². The fraction of sp³-hybridized carbons (Fsp3) is 0.487. The van der Waals surface area contributed by atoms with Crippen molar-refractivity contribution in [3.8, 4) is 0 Å². The van der Waals surface area contributed by atoms with Gasteiger partial charge in [-0.15, -0.1) is 0 Å². The maximum atomic E-state index is 13.1. The van der Waals surface area contributed by atoms with Crippen LogP contribution < -0.4 is 10.2 Å². The number of amides is 1. The first-order valence-corrected chi connectivity index (χ1v) is 16.7. The molecule has 5 heteroatoms. The largest absolute Gasteiger partial charge is 0.383 e.